The van der Waals surface area contributed by atoms with Gasteiger partial charge < -0.3 is 29.6 Å². The molecule has 39 heavy (non-hydrogen) atoms. The van der Waals surface area contributed by atoms with Gasteiger partial charge in [0.25, 0.3) is 0 Å². The van der Waals surface area contributed by atoms with Crippen LogP contribution in [0.4, 0.5) is 5.82 Å². The molecule has 0 saturated heterocycles. The highest BCUT2D eigenvalue weighted by Gasteiger charge is 2.30. The first kappa shape index (κ1) is 34.4. The van der Waals surface area contributed by atoms with Gasteiger partial charge in [-0.05, 0) is 54.9 Å². The average molecular weight is 576 g/mol. The number of aliphatic hydroxyl groups excluding tert-OH is 1. The third kappa shape index (κ3) is 12.4. The molecule has 0 fully saturated rings. The Morgan fingerprint density at radius 1 is 1.03 bits per heavy atom. The maximum Gasteiger partial charge on any atom is 0.361 e. The SMILES string of the molecule is CC(C)(C)C(=O)OCOP(=O)(COCCn1cnc2c(N)ncnc21)OCOC(=O)C(C)(C)C.CCC(C)O. The quantitative estimate of drug-likeness (QED) is 0.162. The van der Waals surface area contributed by atoms with Crippen molar-refractivity contribution >= 4 is 36.5 Å². The van der Waals surface area contributed by atoms with Gasteiger partial charge in [0.15, 0.2) is 11.5 Å². The first-order valence-electron chi connectivity index (χ1n) is 12.4. The molecule has 2 rings (SSSR count). The minimum atomic E-state index is -3.95. The van der Waals surface area contributed by atoms with E-state index in [1.807, 2.05) is 6.92 Å². The van der Waals surface area contributed by atoms with Crippen molar-refractivity contribution in [2.24, 2.45) is 10.8 Å². The van der Waals surface area contributed by atoms with E-state index in [1.54, 1.807) is 53.0 Å². The van der Waals surface area contributed by atoms with Gasteiger partial charge in [0.2, 0.25) is 13.6 Å². The molecule has 1 atom stereocenters. The zero-order valence-corrected chi connectivity index (χ0v) is 24.9. The lowest BCUT2D eigenvalue weighted by Crippen LogP contribution is -2.25. The number of hydrogen-bond donors (Lipinski definition) is 2. The molecule has 0 amide bonds. The average Bonchev–Trinajstić information content (AvgIpc) is 3.25. The Labute approximate surface area is 229 Å². The summed E-state index contributed by atoms with van der Waals surface area (Å²) in [4.78, 5) is 36.0. The van der Waals surface area contributed by atoms with Crippen LogP contribution in [-0.4, -0.2) is 69.2 Å². The predicted molar refractivity (Wildman–Crippen MR) is 143 cm³/mol. The molecule has 1 unspecified atom stereocenters. The number of ether oxygens (including phenoxy) is 3. The lowest BCUT2D eigenvalue weighted by Gasteiger charge is -2.22. The summed E-state index contributed by atoms with van der Waals surface area (Å²) in [5.74, 6) is -0.842. The van der Waals surface area contributed by atoms with E-state index in [1.165, 1.54) is 12.7 Å². The topological polar surface area (TPSA) is 187 Å². The number of nitrogen functional groups attached to an aromatic ring is 1. The summed E-state index contributed by atoms with van der Waals surface area (Å²) in [5, 5.41) is 8.36. The number of imidazole rings is 1. The number of esters is 2. The Morgan fingerprint density at radius 3 is 2.00 bits per heavy atom. The van der Waals surface area contributed by atoms with E-state index in [2.05, 4.69) is 15.0 Å². The van der Waals surface area contributed by atoms with Gasteiger partial charge in [-0.15, -0.1) is 0 Å². The van der Waals surface area contributed by atoms with Gasteiger partial charge in [-0.1, -0.05) is 6.92 Å². The summed E-state index contributed by atoms with van der Waals surface area (Å²) in [6.45, 7) is 12.9. The summed E-state index contributed by atoms with van der Waals surface area (Å²) in [6.07, 6.45) is 3.13. The van der Waals surface area contributed by atoms with Gasteiger partial charge in [0.1, 0.15) is 18.2 Å². The number of aromatic nitrogens is 4. The molecule has 14 nitrogen and oxygen atoms in total. The van der Waals surface area contributed by atoms with E-state index in [0.29, 0.717) is 17.7 Å². The highest BCUT2D eigenvalue weighted by molar-refractivity contribution is 7.53. The molecular weight excluding hydrogens is 533 g/mol. The summed E-state index contributed by atoms with van der Waals surface area (Å²) >= 11 is 0. The molecule has 0 aliphatic carbocycles. The van der Waals surface area contributed by atoms with Gasteiger partial charge in [0.05, 0.1) is 29.9 Å². The first-order chi connectivity index (χ1) is 18.0. The van der Waals surface area contributed by atoms with Crippen LogP contribution < -0.4 is 5.73 Å². The Kier molecular flexibility index (Phi) is 13.4. The van der Waals surface area contributed by atoms with Gasteiger partial charge in [-0.25, -0.2) is 15.0 Å². The number of carbonyl (C=O) groups is 2. The van der Waals surface area contributed by atoms with Crippen LogP contribution in [0.25, 0.3) is 11.2 Å². The van der Waals surface area contributed by atoms with E-state index in [-0.39, 0.29) is 18.5 Å². The zero-order chi connectivity index (χ0) is 29.9. The van der Waals surface area contributed by atoms with Crippen LogP contribution in [0.15, 0.2) is 12.7 Å². The molecule has 0 aromatic carbocycles. The molecule has 2 aromatic heterocycles. The number of nitrogens with two attached hydrogens (primary N) is 1. The Bertz CT molecular complexity index is 1070. The fourth-order valence-corrected chi connectivity index (χ4v) is 3.27. The van der Waals surface area contributed by atoms with Crippen LogP contribution in [-0.2, 0) is 44.0 Å². The van der Waals surface area contributed by atoms with Crippen molar-refractivity contribution in [1.82, 2.24) is 19.5 Å². The van der Waals surface area contributed by atoms with Crippen LogP contribution in [0.5, 0.6) is 0 Å². The summed E-state index contributed by atoms with van der Waals surface area (Å²) < 4.78 is 40.7. The van der Waals surface area contributed by atoms with Crippen molar-refractivity contribution < 1.29 is 42.5 Å². The number of aliphatic hydroxyl groups is 1. The lowest BCUT2D eigenvalue weighted by molar-refractivity contribution is -0.162. The molecular formula is C24H42N5O9P. The molecule has 0 aliphatic heterocycles. The van der Waals surface area contributed by atoms with E-state index < -0.39 is 50.3 Å². The van der Waals surface area contributed by atoms with Crippen molar-refractivity contribution in [2.75, 3.05) is 32.3 Å². The number of nitrogens with zero attached hydrogens (tertiary/aromatic N) is 4. The largest absolute Gasteiger partial charge is 0.438 e. The Morgan fingerprint density at radius 2 is 1.54 bits per heavy atom. The van der Waals surface area contributed by atoms with Crippen molar-refractivity contribution in [3.63, 3.8) is 0 Å². The van der Waals surface area contributed by atoms with Gasteiger partial charge >= 0.3 is 19.5 Å². The molecule has 0 aliphatic rings. The molecule has 0 bridgehead atoms. The Balaban J connectivity index is 0.00000139. The van der Waals surface area contributed by atoms with E-state index in [0.717, 1.165) is 6.42 Å². The molecule has 0 saturated carbocycles. The second-order valence-corrected chi connectivity index (χ2v) is 12.6. The van der Waals surface area contributed by atoms with E-state index in [4.69, 9.17) is 34.1 Å². The van der Waals surface area contributed by atoms with Crippen molar-refractivity contribution in [3.05, 3.63) is 12.7 Å². The molecule has 2 aromatic rings. The lowest BCUT2D eigenvalue weighted by atomic mass is 9.98. The molecule has 0 radical (unpaired) electrons. The maximum absolute atomic E-state index is 13.1. The zero-order valence-electron chi connectivity index (χ0n) is 24.0. The smallest absolute Gasteiger partial charge is 0.361 e. The van der Waals surface area contributed by atoms with Crippen LogP contribution in [0.2, 0.25) is 0 Å². The summed E-state index contributed by atoms with van der Waals surface area (Å²) in [6, 6.07) is 0. The monoisotopic (exact) mass is 575 g/mol. The minimum Gasteiger partial charge on any atom is -0.438 e. The third-order valence-electron chi connectivity index (χ3n) is 4.85. The van der Waals surface area contributed by atoms with Crippen LogP contribution >= 0.6 is 7.60 Å². The number of carbonyl (C=O) groups excluding carboxylic acids is 2. The van der Waals surface area contributed by atoms with Crippen molar-refractivity contribution in [3.8, 4) is 0 Å². The molecule has 222 valence electrons. The van der Waals surface area contributed by atoms with Crippen molar-refractivity contribution in [2.45, 2.75) is 74.5 Å². The summed E-state index contributed by atoms with van der Waals surface area (Å²) in [7, 11) is -3.95. The van der Waals surface area contributed by atoms with E-state index in [9.17, 15) is 14.2 Å². The minimum absolute atomic E-state index is 0.0929. The van der Waals surface area contributed by atoms with Crippen LogP contribution in [0.3, 0.4) is 0 Å². The van der Waals surface area contributed by atoms with Crippen LogP contribution in [0.1, 0.15) is 61.8 Å². The normalized spacial score (nSPS) is 12.9. The number of anilines is 1. The number of rotatable bonds is 12. The molecule has 2 heterocycles. The second kappa shape index (κ2) is 15.2. The standard InChI is InChI=1S/C20H32N5O8P.C4H10O/c1-19(2,3)17(26)30-11-32-34(28,33-12-31-18(27)20(4,5)6)13-29-8-7-25-10-24-14-15(21)22-9-23-16(14)25;1-3-4(2)5/h9-10H,7-8,11-13H2,1-6H3,(H2,21,22,23);4-5H,3H2,1-2H3. The second-order valence-electron chi connectivity index (χ2n) is 10.6. The number of fused-ring (bicyclic) bond motifs is 1. The molecule has 15 heteroatoms. The van der Waals surface area contributed by atoms with Crippen LogP contribution in [0, 0.1) is 10.8 Å². The predicted octanol–water partition coefficient (Wildman–Crippen LogP) is 3.48. The highest BCUT2D eigenvalue weighted by Crippen LogP contribution is 2.48. The Hall–Kier alpha value is -2.64. The number of hydrogen-bond acceptors (Lipinski definition) is 13. The van der Waals surface area contributed by atoms with Gasteiger partial charge in [-0.2, -0.15) is 0 Å². The summed E-state index contributed by atoms with van der Waals surface area (Å²) in [5.41, 5.74) is 5.21. The fraction of sp³-hybridized carbons (Fsp3) is 0.708. The van der Waals surface area contributed by atoms with Crippen molar-refractivity contribution in [1.29, 1.82) is 0 Å². The van der Waals surface area contributed by atoms with Gasteiger partial charge in [0, 0.05) is 6.54 Å². The fourth-order valence-electron chi connectivity index (χ4n) is 2.27. The highest BCUT2D eigenvalue weighted by atomic mass is 31.2. The first-order valence-corrected chi connectivity index (χ1v) is 14.1. The molecule has 3 N–H and O–H groups in total. The molecule has 0 spiro atoms. The third-order valence-corrected chi connectivity index (χ3v) is 6.35. The van der Waals surface area contributed by atoms with Gasteiger partial charge in [-0.3, -0.25) is 23.2 Å². The van der Waals surface area contributed by atoms with E-state index >= 15 is 0 Å². The maximum atomic E-state index is 13.1.